The highest BCUT2D eigenvalue weighted by atomic mass is 16.5. The Hall–Kier alpha value is -3.60. The topological polar surface area (TPSA) is 67.4 Å². The summed E-state index contributed by atoms with van der Waals surface area (Å²) < 4.78 is 5.71. The van der Waals surface area contributed by atoms with Crippen molar-refractivity contribution in [2.75, 3.05) is 10.6 Å². The zero-order valence-corrected chi connectivity index (χ0v) is 15.9. The summed E-state index contributed by atoms with van der Waals surface area (Å²) in [6, 6.07) is 22.2. The molecule has 0 unspecified atom stereocenters. The molecule has 3 aromatic rings. The van der Waals surface area contributed by atoms with Gasteiger partial charge in [-0.3, -0.25) is 9.59 Å². The number of aryl methyl sites for hydroxylation is 2. The molecule has 28 heavy (non-hydrogen) atoms. The number of nitrogens with one attached hydrogen (secondary N) is 2. The molecule has 2 N–H and O–H groups in total. The van der Waals surface area contributed by atoms with Gasteiger partial charge in [0, 0.05) is 11.4 Å². The fourth-order valence-electron chi connectivity index (χ4n) is 2.57. The summed E-state index contributed by atoms with van der Waals surface area (Å²) >= 11 is 0. The lowest BCUT2D eigenvalue weighted by Crippen LogP contribution is -2.29. The predicted octanol–water partition coefficient (Wildman–Crippen LogP) is 4.46. The van der Waals surface area contributed by atoms with Crippen LogP contribution in [0.2, 0.25) is 0 Å². The van der Waals surface area contributed by atoms with Crippen LogP contribution in [-0.2, 0) is 16.2 Å². The lowest BCUT2D eigenvalue weighted by Gasteiger charge is -2.09. The Morgan fingerprint density at radius 3 is 2.00 bits per heavy atom. The van der Waals surface area contributed by atoms with Crippen LogP contribution < -0.4 is 15.4 Å². The first-order valence-corrected chi connectivity index (χ1v) is 8.97. The summed E-state index contributed by atoms with van der Waals surface area (Å²) in [6.07, 6.45) is 0. The van der Waals surface area contributed by atoms with Crippen LogP contribution in [0.25, 0.3) is 0 Å². The van der Waals surface area contributed by atoms with Crippen LogP contribution in [0.4, 0.5) is 11.4 Å². The van der Waals surface area contributed by atoms with E-state index in [1.54, 1.807) is 30.3 Å². The molecule has 5 nitrogen and oxygen atoms in total. The molecular weight excluding hydrogens is 352 g/mol. The largest absolute Gasteiger partial charge is 0.489 e. The third kappa shape index (κ3) is 5.20. The van der Waals surface area contributed by atoms with Gasteiger partial charge < -0.3 is 15.4 Å². The molecule has 5 heteroatoms. The van der Waals surface area contributed by atoms with Crippen molar-refractivity contribution in [3.63, 3.8) is 0 Å². The number of hydrogen-bond acceptors (Lipinski definition) is 3. The van der Waals surface area contributed by atoms with Crippen LogP contribution in [0.1, 0.15) is 16.7 Å². The summed E-state index contributed by atoms with van der Waals surface area (Å²) in [6.45, 7) is 4.40. The van der Waals surface area contributed by atoms with Gasteiger partial charge in [-0.05, 0) is 66.9 Å². The average Bonchev–Trinajstić information content (AvgIpc) is 2.71. The summed E-state index contributed by atoms with van der Waals surface area (Å²) in [5, 5.41) is 5.19. The molecule has 0 saturated heterocycles. The van der Waals surface area contributed by atoms with E-state index >= 15 is 0 Å². The monoisotopic (exact) mass is 374 g/mol. The zero-order chi connectivity index (χ0) is 19.9. The Labute approximate surface area is 164 Å². The van der Waals surface area contributed by atoms with Crippen molar-refractivity contribution >= 4 is 23.2 Å². The zero-order valence-electron chi connectivity index (χ0n) is 15.9. The van der Waals surface area contributed by atoms with Crippen molar-refractivity contribution in [3.05, 3.63) is 89.5 Å². The smallest absolute Gasteiger partial charge is 0.314 e. The summed E-state index contributed by atoms with van der Waals surface area (Å²) in [7, 11) is 0. The van der Waals surface area contributed by atoms with Crippen LogP contribution in [0.5, 0.6) is 5.75 Å². The lowest BCUT2D eigenvalue weighted by molar-refractivity contribution is -0.132. The minimum Gasteiger partial charge on any atom is -0.489 e. The Morgan fingerprint density at radius 2 is 1.36 bits per heavy atom. The maximum Gasteiger partial charge on any atom is 0.314 e. The van der Waals surface area contributed by atoms with Gasteiger partial charge in [0.1, 0.15) is 12.4 Å². The van der Waals surface area contributed by atoms with Crippen molar-refractivity contribution in [3.8, 4) is 5.75 Å². The van der Waals surface area contributed by atoms with Gasteiger partial charge in [-0.1, -0.05) is 36.4 Å². The molecule has 142 valence electrons. The highest BCUT2D eigenvalue weighted by Gasteiger charge is 2.14. The van der Waals surface area contributed by atoms with E-state index in [9.17, 15) is 9.59 Å². The van der Waals surface area contributed by atoms with Gasteiger partial charge in [0.15, 0.2) is 0 Å². The second-order valence-electron chi connectivity index (χ2n) is 6.51. The van der Waals surface area contributed by atoms with E-state index in [2.05, 4.69) is 10.6 Å². The minimum atomic E-state index is -0.726. The normalized spacial score (nSPS) is 10.2. The van der Waals surface area contributed by atoms with Crippen molar-refractivity contribution < 1.29 is 14.3 Å². The Balaban J connectivity index is 1.53. The van der Waals surface area contributed by atoms with Crippen LogP contribution >= 0.6 is 0 Å². The van der Waals surface area contributed by atoms with E-state index in [0.29, 0.717) is 23.7 Å². The highest BCUT2D eigenvalue weighted by molar-refractivity contribution is 6.43. The molecule has 2 amide bonds. The van der Waals surface area contributed by atoms with Gasteiger partial charge in [-0.25, -0.2) is 0 Å². The molecular formula is C23H22N2O3. The van der Waals surface area contributed by atoms with Crippen LogP contribution in [0.15, 0.2) is 72.8 Å². The first-order chi connectivity index (χ1) is 13.5. The number of benzene rings is 3. The number of anilines is 2. The summed E-state index contributed by atoms with van der Waals surface area (Å²) in [4.78, 5) is 24.2. The van der Waals surface area contributed by atoms with Crippen LogP contribution in [-0.4, -0.2) is 11.8 Å². The Kier molecular flexibility index (Phi) is 6.07. The Bertz CT molecular complexity index is 967. The first-order valence-electron chi connectivity index (χ1n) is 8.97. The molecule has 0 heterocycles. The maximum atomic E-state index is 12.1. The molecule has 0 radical (unpaired) electrons. The number of amides is 2. The van der Waals surface area contributed by atoms with Gasteiger partial charge in [-0.2, -0.15) is 0 Å². The number of carbonyl (C=O) groups is 2. The van der Waals surface area contributed by atoms with Gasteiger partial charge >= 0.3 is 11.8 Å². The average molecular weight is 374 g/mol. The first kappa shape index (κ1) is 19.2. The van der Waals surface area contributed by atoms with Gasteiger partial charge in [0.2, 0.25) is 0 Å². The summed E-state index contributed by atoms with van der Waals surface area (Å²) in [5.41, 5.74) is 4.35. The van der Waals surface area contributed by atoms with Gasteiger partial charge in [0.25, 0.3) is 0 Å². The van der Waals surface area contributed by atoms with E-state index in [1.165, 1.54) is 0 Å². The van der Waals surface area contributed by atoms with E-state index in [1.807, 2.05) is 56.3 Å². The molecule has 0 saturated carbocycles. The second-order valence-corrected chi connectivity index (χ2v) is 6.51. The minimum absolute atomic E-state index is 0.463. The van der Waals surface area contributed by atoms with Crippen LogP contribution in [0.3, 0.4) is 0 Å². The van der Waals surface area contributed by atoms with Crippen LogP contribution in [0, 0.1) is 13.8 Å². The fraction of sp³-hybridized carbons (Fsp3) is 0.130. The molecule has 0 bridgehead atoms. The molecule has 0 fully saturated rings. The van der Waals surface area contributed by atoms with Gasteiger partial charge in [-0.15, -0.1) is 0 Å². The third-order valence-corrected chi connectivity index (χ3v) is 4.33. The number of hydrogen-bond donors (Lipinski definition) is 2. The number of rotatable bonds is 5. The molecule has 0 aromatic heterocycles. The van der Waals surface area contributed by atoms with Gasteiger partial charge in [0.05, 0.1) is 0 Å². The maximum absolute atomic E-state index is 12.1. The van der Waals surface area contributed by atoms with Crippen molar-refractivity contribution in [1.82, 2.24) is 0 Å². The molecule has 0 aliphatic heterocycles. The Morgan fingerprint density at radius 1 is 0.750 bits per heavy atom. The van der Waals surface area contributed by atoms with E-state index in [4.69, 9.17) is 4.74 Å². The second kappa shape index (κ2) is 8.86. The SMILES string of the molecule is Cc1ccc(NC(=O)C(=O)Nc2ccc(OCc3ccccc3)cc2)cc1C. The standard InChI is InChI=1S/C23H22N2O3/c1-16-8-9-20(14-17(16)2)25-23(27)22(26)24-19-10-12-21(13-11-19)28-15-18-6-4-3-5-7-18/h3-14H,15H2,1-2H3,(H,24,26)(H,25,27). The third-order valence-electron chi connectivity index (χ3n) is 4.33. The predicted molar refractivity (Wildman–Crippen MR) is 110 cm³/mol. The lowest BCUT2D eigenvalue weighted by atomic mass is 10.1. The number of carbonyl (C=O) groups excluding carboxylic acids is 2. The molecule has 0 atom stereocenters. The molecule has 3 rings (SSSR count). The van der Waals surface area contributed by atoms with E-state index in [0.717, 1.165) is 16.7 Å². The number of ether oxygens (including phenoxy) is 1. The molecule has 3 aromatic carbocycles. The molecule has 0 aliphatic carbocycles. The highest BCUT2D eigenvalue weighted by Crippen LogP contribution is 2.18. The quantitative estimate of drug-likeness (QED) is 0.648. The van der Waals surface area contributed by atoms with Crippen molar-refractivity contribution in [1.29, 1.82) is 0 Å². The summed E-state index contributed by atoms with van der Waals surface area (Å²) in [5.74, 6) is -0.759. The van der Waals surface area contributed by atoms with E-state index in [-0.39, 0.29) is 0 Å². The fourth-order valence-corrected chi connectivity index (χ4v) is 2.57. The van der Waals surface area contributed by atoms with Crippen molar-refractivity contribution in [2.45, 2.75) is 20.5 Å². The molecule has 0 spiro atoms. The van der Waals surface area contributed by atoms with Crippen molar-refractivity contribution in [2.24, 2.45) is 0 Å². The van der Waals surface area contributed by atoms with E-state index < -0.39 is 11.8 Å². The molecule has 0 aliphatic rings.